The van der Waals surface area contributed by atoms with Crippen LogP contribution in [0.5, 0.6) is 0 Å². The van der Waals surface area contributed by atoms with Crippen LogP contribution in [0.2, 0.25) is 4.34 Å². The van der Waals surface area contributed by atoms with E-state index in [1.54, 1.807) is 18.0 Å². The Hall–Kier alpha value is -0.790. The number of alkyl halides is 3. The summed E-state index contributed by atoms with van der Waals surface area (Å²) in [4.78, 5) is 13.8. The van der Waals surface area contributed by atoms with Gasteiger partial charge in [0.05, 0.1) is 10.9 Å². The molecule has 1 aromatic heterocycles. The van der Waals surface area contributed by atoms with Gasteiger partial charge in [-0.2, -0.15) is 13.2 Å². The maximum absolute atomic E-state index is 11.9. The summed E-state index contributed by atoms with van der Waals surface area (Å²) in [6.07, 6.45) is -4.38. The molecule has 1 heterocycles. The van der Waals surface area contributed by atoms with Crippen LogP contribution >= 0.6 is 22.9 Å². The second-order valence-corrected chi connectivity index (χ2v) is 5.57. The minimum atomic E-state index is -4.38. The van der Waals surface area contributed by atoms with Crippen molar-refractivity contribution in [2.75, 3.05) is 20.1 Å². The van der Waals surface area contributed by atoms with Gasteiger partial charge in [-0.3, -0.25) is 9.69 Å². The van der Waals surface area contributed by atoms with Crippen LogP contribution in [-0.4, -0.2) is 37.1 Å². The number of amides is 1. The molecule has 0 saturated heterocycles. The van der Waals surface area contributed by atoms with E-state index in [1.807, 2.05) is 11.4 Å². The SMILES string of the molecule is CN(CC(=O)NCC(F)(F)F)Cc1ccc(Cl)s1. The Morgan fingerprint density at radius 2 is 2.17 bits per heavy atom. The lowest BCUT2D eigenvalue weighted by Gasteiger charge is -2.15. The Kier molecular flexibility index (Phi) is 5.43. The lowest BCUT2D eigenvalue weighted by Crippen LogP contribution is -2.39. The molecule has 1 rings (SSSR count). The summed E-state index contributed by atoms with van der Waals surface area (Å²) in [5.74, 6) is -0.655. The number of halogens is 4. The minimum Gasteiger partial charge on any atom is -0.346 e. The molecule has 0 spiro atoms. The van der Waals surface area contributed by atoms with Crippen LogP contribution in [0.15, 0.2) is 12.1 Å². The largest absolute Gasteiger partial charge is 0.405 e. The van der Waals surface area contributed by atoms with E-state index in [1.165, 1.54) is 11.3 Å². The number of thiophene rings is 1. The van der Waals surface area contributed by atoms with Gasteiger partial charge in [-0.25, -0.2) is 0 Å². The van der Waals surface area contributed by atoms with Crippen LogP contribution in [0.1, 0.15) is 4.88 Å². The van der Waals surface area contributed by atoms with Gasteiger partial charge in [-0.1, -0.05) is 11.6 Å². The zero-order valence-corrected chi connectivity index (χ0v) is 11.1. The highest BCUT2D eigenvalue weighted by Gasteiger charge is 2.27. The molecule has 1 amide bonds. The summed E-state index contributed by atoms with van der Waals surface area (Å²) in [6.45, 7) is -0.924. The molecule has 0 radical (unpaired) electrons. The molecule has 0 fully saturated rings. The first kappa shape index (κ1) is 15.3. The number of hydrogen-bond acceptors (Lipinski definition) is 3. The smallest absolute Gasteiger partial charge is 0.346 e. The number of nitrogens with zero attached hydrogens (tertiary/aromatic N) is 1. The zero-order valence-electron chi connectivity index (χ0n) is 9.55. The number of rotatable bonds is 5. The first-order valence-corrected chi connectivity index (χ1v) is 6.22. The van der Waals surface area contributed by atoms with E-state index in [-0.39, 0.29) is 6.54 Å². The Bertz CT molecular complexity index is 408. The molecule has 0 unspecified atom stereocenters. The molecule has 8 heteroatoms. The monoisotopic (exact) mass is 300 g/mol. The van der Waals surface area contributed by atoms with E-state index in [4.69, 9.17) is 11.6 Å². The predicted molar refractivity (Wildman–Crippen MR) is 64.7 cm³/mol. The van der Waals surface area contributed by atoms with Crippen molar-refractivity contribution in [2.24, 2.45) is 0 Å². The maximum Gasteiger partial charge on any atom is 0.405 e. The molecule has 0 aliphatic rings. The highest BCUT2D eigenvalue weighted by Crippen LogP contribution is 2.22. The Morgan fingerprint density at radius 1 is 1.50 bits per heavy atom. The summed E-state index contributed by atoms with van der Waals surface area (Å²) in [6, 6.07) is 3.55. The van der Waals surface area contributed by atoms with E-state index in [0.29, 0.717) is 10.9 Å². The summed E-state index contributed by atoms with van der Waals surface area (Å²) in [5, 5.41) is 1.82. The second-order valence-electron chi connectivity index (χ2n) is 3.77. The topological polar surface area (TPSA) is 32.3 Å². The van der Waals surface area contributed by atoms with E-state index in [9.17, 15) is 18.0 Å². The molecule has 0 aromatic carbocycles. The van der Waals surface area contributed by atoms with Crippen molar-refractivity contribution in [3.8, 4) is 0 Å². The number of carbonyl (C=O) groups is 1. The van der Waals surface area contributed by atoms with Crippen molar-refractivity contribution in [1.29, 1.82) is 0 Å². The summed E-state index contributed by atoms with van der Waals surface area (Å²) in [7, 11) is 1.65. The van der Waals surface area contributed by atoms with Crippen molar-refractivity contribution in [2.45, 2.75) is 12.7 Å². The molecular formula is C10H12ClF3N2OS. The van der Waals surface area contributed by atoms with Crippen LogP contribution in [0.3, 0.4) is 0 Å². The van der Waals surface area contributed by atoms with Crippen molar-refractivity contribution in [3.05, 3.63) is 21.3 Å². The molecule has 0 aliphatic carbocycles. The number of nitrogens with one attached hydrogen (secondary N) is 1. The third-order valence-corrected chi connectivity index (χ3v) is 3.17. The second kappa shape index (κ2) is 6.40. The molecule has 1 aromatic rings. The van der Waals surface area contributed by atoms with Gasteiger partial charge in [0.2, 0.25) is 5.91 Å². The quantitative estimate of drug-likeness (QED) is 0.906. The molecule has 1 N–H and O–H groups in total. The lowest BCUT2D eigenvalue weighted by molar-refractivity contribution is -0.138. The standard InChI is InChI=1S/C10H12ClF3N2OS/c1-16(4-7-2-3-8(11)18-7)5-9(17)15-6-10(12,13)14/h2-3H,4-6H2,1H3,(H,15,17). The fourth-order valence-corrected chi connectivity index (χ4v) is 2.43. The fraction of sp³-hybridized carbons (Fsp3) is 0.500. The molecule has 0 aliphatic heterocycles. The zero-order chi connectivity index (χ0) is 13.8. The summed E-state index contributed by atoms with van der Waals surface area (Å²) >= 11 is 7.12. The molecule has 18 heavy (non-hydrogen) atoms. The molecule has 3 nitrogen and oxygen atoms in total. The first-order valence-electron chi connectivity index (χ1n) is 5.02. The predicted octanol–water partition coefficient (Wildman–Crippen LogP) is 2.51. The van der Waals surface area contributed by atoms with Crippen molar-refractivity contribution >= 4 is 28.8 Å². The number of carbonyl (C=O) groups excluding carboxylic acids is 1. The van der Waals surface area contributed by atoms with Crippen molar-refractivity contribution in [3.63, 3.8) is 0 Å². The van der Waals surface area contributed by atoms with Crippen LogP contribution in [0.4, 0.5) is 13.2 Å². The Morgan fingerprint density at radius 3 is 2.67 bits per heavy atom. The summed E-state index contributed by atoms with van der Waals surface area (Å²) in [5.41, 5.74) is 0. The molecular weight excluding hydrogens is 289 g/mol. The third-order valence-electron chi connectivity index (χ3n) is 1.95. The van der Waals surface area contributed by atoms with Gasteiger partial charge in [0.1, 0.15) is 6.54 Å². The van der Waals surface area contributed by atoms with Gasteiger partial charge in [0.25, 0.3) is 0 Å². The molecule has 0 bridgehead atoms. The fourth-order valence-electron chi connectivity index (χ4n) is 1.26. The summed E-state index contributed by atoms with van der Waals surface area (Å²) < 4.78 is 36.2. The average molecular weight is 301 g/mol. The van der Waals surface area contributed by atoms with Gasteiger partial charge in [0, 0.05) is 11.4 Å². The van der Waals surface area contributed by atoms with Crippen LogP contribution in [0, 0.1) is 0 Å². The van der Waals surface area contributed by atoms with E-state index < -0.39 is 18.6 Å². The minimum absolute atomic E-state index is 0.0917. The third kappa shape index (κ3) is 6.23. The van der Waals surface area contributed by atoms with Crippen LogP contribution < -0.4 is 5.32 Å². The van der Waals surface area contributed by atoms with Gasteiger partial charge in [0.15, 0.2) is 0 Å². The van der Waals surface area contributed by atoms with E-state index in [2.05, 4.69) is 0 Å². The van der Waals surface area contributed by atoms with Gasteiger partial charge in [-0.15, -0.1) is 11.3 Å². The van der Waals surface area contributed by atoms with Gasteiger partial charge >= 0.3 is 6.18 Å². The first-order chi connectivity index (χ1) is 8.26. The van der Waals surface area contributed by atoms with E-state index >= 15 is 0 Å². The van der Waals surface area contributed by atoms with Crippen LogP contribution in [0.25, 0.3) is 0 Å². The Balaban J connectivity index is 2.31. The van der Waals surface area contributed by atoms with Crippen molar-refractivity contribution < 1.29 is 18.0 Å². The van der Waals surface area contributed by atoms with Gasteiger partial charge in [-0.05, 0) is 19.2 Å². The molecule has 0 atom stereocenters. The average Bonchev–Trinajstić information content (AvgIpc) is 2.59. The normalized spacial score (nSPS) is 11.9. The molecule has 102 valence electrons. The number of likely N-dealkylation sites (N-methyl/N-ethyl adjacent to an activating group) is 1. The van der Waals surface area contributed by atoms with Crippen LogP contribution in [-0.2, 0) is 11.3 Å². The van der Waals surface area contributed by atoms with Gasteiger partial charge < -0.3 is 5.32 Å². The Labute approximate surface area is 112 Å². The maximum atomic E-state index is 11.9. The van der Waals surface area contributed by atoms with Crippen molar-refractivity contribution in [1.82, 2.24) is 10.2 Å². The molecule has 0 saturated carbocycles. The lowest BCUT2D eigenvalue weighted by atomic mass is 10.4. The highest BCUT2D eigenvalue weighted by molar-refractivity contribution is 7.16. The van der Waals surface area contributed by atoms with E-state index in [0.717, 1.165) is 4.88 Å². The number of hydrogen-bond donors (Lipinski definition) is 1. The highest BCUT2D eigenvalue weighted by atomic mass is 35.5.